The van der Waals surface area contributed by atoms with Crippen molar-refractivity contribution in [1.82, 2.24) is 14.7 Å². The van der Waals surface area contributed by atoms with E-state index in [0.29, 0.717) is 0 Å². The molecule has 0 aromatic heterocycles. The number of benzene rings is 1. The van der Waals surface area contributed by atoms with E-state index in [2.05, 4.69) is 38.0 Å². The first-order valence-electron chi connectivity index (χ1n) is 8.82. The van der Waals surface area contributed by atoms with Gasteiger partial charge >= 0.3 is 0 Å². The fourth-order valence-electron chi connectivity index (χ4n) is 2.97. The molecule has 24 heavy (non-hydrogen) atoms. The van der Waals surface area contributed by atoms with Gasteiger partial charge in [0.1, 0.15) is 5.75 Å². The van der Waals surface area contributed by atoms with E-state index in [9.17, 15) is 4.79 Å². The van der Waals surface area contributed by atoms with Gasteiger partial charge in [-0.1, -0.05) is 0 Å². The maximum absolute atomic E-state index is 13.0. The average molecular weight is 333 g/mol. The zero-order valence-electron chi connectivity index (χ0n) is 15.5. The summed E-state index contributed by atoms with van der Waals surface area (Å²) in [7, 11) is 8.27. The van der Waals surface area contributed by atoms with Crippen LogP contribution >= 0.6 is 0 Å². The molecule has 0 saturated carbocycles. The van der Waals surface area contributed by atoms with Crippen LogP contribution in [-0.4, -0.2) is 81.6 Å². The molecule has 0 spiro atoms. The SMILES string of the molecule is CN(C)CCCN(CCCN(C)C)C(=O)c1ccc2c(c1)CCO2. The summed E-state index contributed by atoms with van der Waals surface area (Å²) < 4.78 is 5.54. The topological polar surface area (TPSA) is 36.0 Å². The van der Waals surface area contributed by atoms with E-state index in [-0.39, 0.29) is 5.91 Å². The molecule has 0 fully saturated rings. The van der Waals surface area contributed by atoms with E-state index in [1.54, 1.807) is 0 Å². The normalized spacial score (nSPS) is 13.2. The van der Waals surface area contributed by atoms with Gasteiger partial charge in [0.2, 0.25) is 0 Å². The molecule has 1 amide bonds. The highest BCUT2D eigenvalue weighted by Gasteiger charge is 2.19. The number of nitrogens with zero attached hydrogens (tertiary/aromatic N) is 3. The lowest BCUT2D eigenvalue weighted by Gasteiger charge is -2.24. The minimum absolute atomic E-state index is 0.141. The Kier molecular flexibility index (Phi) is 7.06. The van der Waals surface area contributed by atoms with Gasteiger partial charge < -0.3 is 19.4 Å². The van der Waals surface area contributed by atoms with Crippen molar-refractivity contribution in [2.24, 2.45) is 0 Å². The molecule has 1 heterocycles. The van der Waals surface area contributed by atoms with Gasteiger partial charge in [-0.05, 0) is 77.9 Å². The highest BCUT2D eigenvalue weighted by atomic mass is 16.5. The third kappa shape index (κ3) is 5.49. The lowest BCUT2D eigenvalue weighted by molar-refractivity contribution is 0.0744. The molecule has 0 aliphatic carbocycles. The predicted octanol–water partition coefficient (Wildman–Crippen LogP) is 1.97. The lowest BCUT2D eigenvalue weighted by atomic mass is 10.1. The summed E-state index contributed by atoms with van der Waals surface area (Å²) in [4.78, 5) is 19.3. The fraction of sp³-hybridized carbons (Fsp3) is 0.632. The Hall–Kier alpha value is -1.59. The largest absolute Gasteiger partial charge is 0.493 e. The second kappa shape index (κ2) is 9.04. The van der Waals surface area contributed by atoms with Gasteiger partial charge in [0.05, 0.1) is 6.61 Å². The molecule has 1 aromatic rings. The first-order chi connectivity index (χ1) is 11.5. The Morgan fingerprint density at radius 2 is 1.62 bits per heavy atom. The van der Waals surface area contributed by atoms with E-state index in [1.165, 1.54) is 0 Å². The monoisotopic (exact) mass is 333 g/mol. The molecule has 134 valence electrons. The molecule has 5 heteroatoms. The van der Waals surface area contributed by atoms with Crippen LogP contribution in [-0.2, 0) is 6.42 Å². The average Bonchev–Trinajstić information content (AvgIpc) is 2.99. The molecular weight excluding hydrogens is 302 g/mol. The third-order valence-electron chi connectivity index (χ3n) is 4.29. The van der Waals surface area contributed by atoms with Crippen molar-refractivity contribution >= 4 is 5.91 Å². The molecule has 0 unspecified atom stereocenters. The summed E-state index contributed by atoms with van der Waals surface area (Å²) in [6, 6.07) is 5.85. The maximum Gasteiger partial charge on any atom is 0.253 e. The molecule has 0 atom stereocenters. The smallest absolute Gasteiger partial charge is 0.253 e. The van der Waals surface area contributed by atoms with Gasteiger partial charge in [0.15, 0.2) is 0 Å². The highest BCUT2D eigenvalue weighted by molar-refractivity contribution is 5.94. The lowest BCUT2D eigenvalue weighted by Crippen LogP contribution is -2.35. The number of carbonyl (C=O) groups is 1. The van der Waals surface area contributed by atoms with E-state index in [0.717, 1.165) is 68.9 Å². The third-order valence-corrected chi connectivity index (χ3v) is 4.29. The van der Waals surface area contributed by atoms with Crippen molar-refractivity contribution in [3.63, 3.8) is 0 Å². The van der Waals surface area contributed by atoms with Crippen LogP contribution in [0.2, 0.25) is 0 Å². The van der Waals surface area contributed by atoms with Crippen LogP contribution in [0.1, 0.15) is 28.8 Å². The van der Waals surface area contributed by atoms with Crippen molar-refractivity contribution in [3.8, 4) is 5.75 Å². The first-order valence-corrected chi connectivity index (χ1v) is 8.82. The standard InChI is InChI=1S/C19H31N3O2/c1-20(2)10-5-12-22(13-6-11-21(3)4)19(23)17-7-8-18-16(15-17)9-14-24-18/h7-8,15H,5-6,9-14H2,1-4H3. The van der Waals surface area contributed by atoms with Crippen molar-refractivity contribution < 1.29 is 9.53 Å². The van der Waals surface area contributed by atoms with Crippen LogP contribution in [0.25, 0.3) is 0 Å². The van der Waals surface area contributed by atoms with Gasteiger partial charge in [0.25, 0.3) is 5.91 Å². The number of hydrogen-bond donors (Lipinski definition) is 0. The molecular formula is C19H31N3O2. The number of rotatable bonds is 9. The van der Waals surface area contributed by atoms with E-state index < -0.39 is 0 Å². The summed E-state index contributed by atoms with van der Waals surface area (Å²) in [5, 5.41) is 0. The summed E-state index contributed by atoms with van der Waals surface area (Å²) in [5.74, 6) is 1.07. The van der Waals surface area contributed by atoms with Crippen LogP contribution < -0.4 is 4.74 Å². The van der Waals surface area contributed by atoms with Crippen LogP contribution in [0.4, 0.5) is 0 Å². The molecule has 5 nitrogen and oxygen atoms in total. The summed E-state index contributed by atoms with van der Waals surface area (Å²) >= 11 is 0. The van der Waals surface area contributed by atoms with Crippen LogP contribution in [0.15, 0.2) is 18.2 Å². The molecule has 1 aromatic carbocycles. The summed E-state index contributed by atoms with van der Waals surface area (Å²) in [5.41, 5.74) is 1.94. The van der Waals surface area contributed by atoms with Crippen molar-refractivity contribution in [2.75, 3.05) is 61.0 Å². The number of fused-ring (bicyclic) bond motifs is 1. The Bertz CT molecular complexity index is 529. The summed E-state index contributed by atoms with van der Waals surface area (Å²) in [6.07, 6.45) is 2.89. The Labute approximate surface area is 146 Å². The second-order valence-electron chi connectivity index (χ2n) is 7.03. The fourth-order valence-corrected chi connectivity index (χ4v) is 2.97. The Morgan fingerprint density at radius 1 is 1.00 bits per heavy atom. The van der Waals surface area contributed by atoms with Gasteiger partial charge in [-0.25, -0.2) is 0 Å². The van der Waals surface area contributed by atoms with E-state index >= 15 is 0 Å². The molecule has 2 rings (SSSR count). The van der Waals surface area contributed by atoms with Gasteiger partial charge in [0, 0.05) is 25.1 Å². The minimum Gasteiger partial charge on any atom is -0.493 e. The minimum atomic E-state index is 0.141. The molecule has 0 radical (unpaired) electrons. The van der Waals surface area contributed by atoms with Crippen molar-refractivity contribution in [2.45, 2.75) is 19.3 Å². The highest BCUT2D eigenvalue weighted by Crippen LogP contribution is 2.26. The quantitative estimate of drug-likeness (QED) is 0.692. The second-order valence-corrected chi connectivity index (χ2v) is 7.03. The van der Waals surface area contributed by atoms with Crippen LogP contribution in [0.5, 0.6) is 5.75 Å². The van der Waals surface area contributed by atoms with Gasteiger partial charge in [-0.15, -0.1) is 0 Å². The first kappa shape index (κ1) is 18.7. The maximum atomic E-state index is 13.0. The number of amides is 1. The zero-order chi connectivity index (χ0) is 17.5. The predicted molar refractivity (Wildman–Crippen MR) is 97.9 cm³/mol. The summed E-state index contributed by atoms with van der Waals surface area (Å²) in [6.45, 7) is 4.32. The molecule has 0 N–H and O–H groups in total. The van der Waals surface area contributed by atoms with E-state index in [4.69, 9.17) is 4.74 Å². The van der Waals surface area contributed by atoms with Gasteiger partial charge in [-0.3, -0.25) is 4.79 Å². The Morgan fingerprint density at radius 3 is 2.21 bits per heavy atom. The van der Waals surface area contributed by atoms with Crippen LogP contribution in [0, 0.1) is 0 Å². The molecule has 0 saturated heterocycles. The molecule has 1 aliphatic heterocycles. The zero-order valence-corrected chi connectivity index (χ0v) is 15.5. The molecule has 0 bridgehead atoms. The van der Waals surface area contributed by atoms with Crippen LogP contribution in [0.3, 0.4) is 0 Å². The molecule has 1 aliphatic rings. The van der Waals surface area contributed by atoms with Gasteiger partial charge in [-0.2, -0.15) is 0 Å². The van der Waals surface area contributed by atoms with E-state index in [1.807, 2.05) is 23.1 Å². The van der Waals surface area contributed by atoms with Crippen molar-refractivity contribution in [1.29, 1.82) is 0 Å². The van der Waals surface area contributed by atoms with Crippen molar-refractivity contribution in [3.05, 3.63) is 29.3 Å². The number of carbonyl (C=O) groups excluding carboxylic acids is 1. The number of ether oxygens (including phenoxy) is 1. The Balaban J connectivity index is 2.01. The number of hydrogen-bond acceptors (Lipinski definition) is 4.